The zero-order valence-electron chi connectivity index (χ0n) is 29.1. The second kappa shape index (κ2) is 13.7. The summed E-state index contributed by atoms with van der Waals surface area (Å²) < 4.78 is 21.8. The molecule has 11 nitrogen and oxygen atoms in total. The molecule has 4 amide bonds. The van der Waals surface area contributed by atoms with Gasteiger partial charge in [-0.3, -0.25) is 29.0 Å². The average molecular weight is 827 g/mol. The molecule has 0 aromatic heterocycles. The number of carbonyl (C=O) groups is 4. The lowest BCUT2D eigenvalue weighted by Crippen LogP contribution is -2.60. The molecule has 6 atom stereocenters. The summed E-state index contributed by atoms with van der Waals surface area (Å²) in [5.74, 6) is -4.56. The largest absolute Gasteiger partial charge is 0.507 e. The number of phenolic OH excluding ortho intramolecular Hbond substituents is 1. The molecule has 1 N–H and O–H groups in total. The van der Waals surface area contributed by atoms with Crippen LogP contribution in [0.3, 0.4) is 0 Å². The minimum Gasteiger partial charge on any atom is -0.507 e. The predicted molar refractivity (Wildman–Crippen MR) is 202 cm³/mol. The highest BCUT2D eigenvalue weighted by molar-refractivity contribution is 9.09. The monoisotopic (exact) mass is 824 g/mol. The molecule has 4 aliphatic rings. The van der Waals surface area contributed by atoms with Gasteiger partial charge < -0.3 is 24.1 Å². The number of hydrogen-bond acceptors (Lipinski definition) is 9. The Labute approximate surface area is 324 Å². The van der Waals surface area contributed by atoms with E-state index in [1.54, 1.807) is 50.6 Å². The van der Waals surface area contributed by atoms with E-state index in [2.05, 4.69) is 15.9 Å². The zero-order chi connectivity index (χ0) is 38.0. The molecule has 0 bridgehead atoms. The fraction of sp³-hybridized carbons (Fsp3) is 0.333. The first-order chi connectivity index (χ1) is 25.4. The average Bonchev–Trinajstić information content (AvgIpc) is 3.50. The number of hydrogen-bond donors (Lipinski definition) is 1. The van der Waals surface area contributed by atoms with Crippen LogP contribution in [0.4, 0.5) is 5.69 Å². The molecule has 3 fully saturated rings. The van der Waals surface area contributed by atoms with E-state index < -0.39 is 51.1 Å². The molecule has 2 aliphatic carbocycles. The Kier molecular flexibility index (Phi) is 9.53. The molecule has 3 aromatic carbocycles. The fourth-order valence-corrected chi connectivity index (χ4v) is 9.79. The van der Waals surface area contributed by atoms with Crippen molar-refractivity contribution in [1.82, 2.24) is 4.90 Å². The number of allylic oxidation sites excluding steroid dienone is 2. The second-order valence-electron chi connectivity index (χ2n) is 13.3. The fourth-order valence-electron chi connectivity index (χ4n) is 8.38. The van der Waals surface area contributed by atoms with Gasteiger partial charge in [0.05, 0.1) is 51.4 Å². The Balaban J connectivity index is 1.26. The van der Waals surface area contributed by atoms with Crippen LogP contribution in [-0.4, -0.2) is 77.3 Å². The summed E-state index contributed by atoms with van der Waals surface area (Å²) in [6, 6.07) is 15.4. The van der Waals surface area contributed by atoms with Crippen molar-refractivity contribution in [3.05, 3.63) is 82.9 Å². The molecule has 276 valence electrons. The number of fused-ring (bicyclic) bond motifs is 4. The van der Waals surface area contributed by atoms with E-state index in [-0.39, 0.29) is 47.0 Å². The summed E-state index contributed by atoms with van der Waals surface area (Å²) in [5.41, 5.74) is 2.46. The van der Waals surface area contributed by atoms with Crippen molar-refractivity contribution in [2.24, 2.45) is 17.8 Å². The second-order valence-corrected chi connectivity index (χ2v) is 15.0. The SMILES string of the molecule is COc1ccc(OC)c(C=Cc2ccc(N3C(=O)[C@H]4[C@H](CC=C5[C@H]4C[C@@]4(Cl)C(=O)N(CBr)C(=O)[C@@]4(Cl)[C@H]5c4c(O)cc(OC)cc4OC)C3=O)cc2)c1. The molecule has 3 aromatic rings. The summed E-state index contributed by atoms with van der Waals surface area (Å²) in [7, 11) is 5.98. The van der Waals surface area contributed by atoms with E-state index in [1.807, 2.05) is 24.3 Å². The molecule has 0 radical (unpaired) electrons. The molecule has 14 heteroatoms. The van der Waals surface area contributed by atoms with Crippen LogP contribution < -0.4 is 23.8 Å². The number of nitrogens with zero attached hydrogens (tertiary/aromatic N) is 2. The third-order valence-electron chi connectivity index (χ3n) is 10.9. The molecule has 2 saturated heterocycles. The maximum atomic E-state index is 14.5. The van der Waals surface area contributed by atoms with E-state index in [1.165, 1.54) is 31.3 Å². The van der Waals surface area contributed by atoms with Crippen molar-refractivity contribution in [1.29, 1.82) is 0 Å². The van der Waals surface area contributed by atoms with E-state index >= 15 is 0 Å². The summed E-state index contributed by atoms with van der Waals surface area (Å²) in [5, 5.41) is 11.5. The summed E-state index contributed by atoms with van der Waals surface area (Å²) in [6.45, 7) is 0. The van der Waals surface area contributed by atoms with Gasteiger partial charge in [-0.25, -0.2) is 0 Å². The molecule has 1 saturated carbocycles. The van der Waals surface area contributed by atoms with Crippen molar-refractivity contribution in [3.8, 4) is 28.7 Å². The maximum Gasteiger partial charge on any atom is 0.254 e. The van der Waals surface area contributed by atoms with Crippen molar-refractivity contribution in [3.63, 3.8) is 0 Å². The number of likely N-dealkylation sites (tertiary alicyclic amines) is 1. The third kappa shape index (κ3) is 5.43. The number of halogens is 3. The summed E-state index contributed by atoms with van der Waals surface area (Å²) in [4.78, 5) is 54.7. The summed E-state index contributed by atoms with van der Waals surface area (Å²) >= 11 is 17.9. The number of phenols is 1. The number of benzene rings is 3. The molecular weight excluding hydrogens is 791 g/mol. The topological polar surface area (TPSA) is 132 Å². The molecule has 7 rings (SSSR count). The smallest absolute Gasteiger partial charge is 0.254 e. The number of imide groups is 2. The van der Waals surface area contributed by atoms with Crippen LogP contribution in [0.1, 0.15) is 35.4 Å². The Morgan fingerprint density at radius 2 is 1.53 bits per heavy atom. The van der Waals surface area contributed by atoms with Gasteiger partial charge in [0.25, 0.3) is 11.8 Å². The molecular formula is C39H35BrCl2N2O9. The summed E-state index contributed by atoms with van der Waals surface area (Å²) in [6.07, 6.45) is 5.51. The van der Waals surface area contributed by atoms with Crippen LogP contribution in [0, 0.1) is 17.8 Å². The first-order valence-electron chi connectivity index (χ1n) is 16.7. The Morgan fingerprint density at radius 3 is 2.17 bits per heavy atom. The van der Waals surface area contributed by atoms with Gasteiger partial charge in [0.15, 0.2) is 9.75 Å². The van der Waals surface area contributed by atoms with Crippen LogP contribution in [0.25, 0.3) is 12.2 Å². The first-order valence-corrected chi connectivity index (χ1v) is 18.6. The predicted octanol–water partition coefficient (Wildman–Crippen LogP) is 6.51. The number of ether oxygens (including phenoxy) is 4. The highest BCUT2D eigenvalue weighted by atomic mass is 79.9. The number of methoxy groups -OCH3 is 4. The Morgan fingerprint density at radius 1 is 0.830 bits per heavy atom. The van der Waals surface area contributed by atoms with Crippen molar-refractivity contribution < 1.29 is 43.2 Å². The number of carbonyl (C=O) groups excluding carboxylic acids is 4. The lowest BCUT2D eigenvalue weighted by atomic mass is 9.56. The van der Waals surface area contributed by atoms with E-state index in [0.29, 0.717) is 22.8 Å². The van der Waals surface area contributed by atoms with Crippen molar-refractivity contribution in [2.75, 3.05) is 38.8 Å². The van der Waals surface area contributed by atoms with E-state index in [0.717, 1.165) is 16.0 Å². The van der Waals surface area contributed by atoms with Crippen LogP contribution in [0.5, 0.6) is 28.7 Å². The number of aromatic hydroxyl groups is 1. The van der Waals surface area contributed by atoms with Gasteiger partial charge in [-0.1, -0.05) is 51.9 Å². The van der Waals surface area contributed by atoms with Gasteiger partial charge in [0.1, 0.15) is 28.7 Å². The van der Waals surface area contributed by atoms with E-state index in [9.17, 15) is 24.3 Å². The van der Waals surface area contributed by atoms with Gasteiger partial charge in [-0.2, -0.15) is 0 Å². The van der Waals surface area contributed by atoms with Crippen LogP contribution in [0.15, 0.2) is 66.2 Å². The number of amides is 4. The molecule has 0 unspecified atom stereocenters. The zero-order valence-corrected chi connectivity index (χ0v) is 32.2. The Hall–Kier alpha value is -4.52. The molecule has 2 aliphatic heterocycles. The van der Waals surface area contributed by atoms with Crippen molar-refractivity contribution in [2.45, 2.75) is 28.5 Å². The Bertz CT molecular complexity index is 2110. The normalized spacial score (nSPS) is 27.8. The lowest BCUT2D eigenvalue weighted by Gasteiger charge is -2.51. The van der Waals surface area contributed by atoms with Gasteiger partial charge in [-0.15, -0.1) is 23.2 Å². The lowest BCUT2D eigenvalue weighted by molar-refractivity contribution is -0.138. The number of anilines is 1. The van der Waals surface area contributed by atoms with Crippen molar-refractivity contribution >= 4 is 80.6 Å². The van der Waals surface area contributed by atoms with Crippen LogP contribution in [-0.2, 0) is 19.2 Å². The molecule has 53 heavy (non-hydrogen) atoms. The third-order valence-corrected chi connectivity index (χ3v) is 12.8. The highest BCUT2D eigenvalue weighted by Crippen LogP contribution is 2.67. The van der Waals surface area contributed by atoms with Crippen LogP contribution in [0.2, 0.25) is 0 Å². The number of alkyl halides is 3. The highest BCUT2D eigenvalue weighted by Gasteiger charge is 2.76. The molecule has 0 spiro atoms. The first kappa shape index (κ1) is 36.8. The maximum absolute atomic E-state index is 14.5. The quantitative estimate of drug-likeness (QED) is 0.0844. The van der Waals surface area contributed by atoms with Gasteiger partial charge in [0.2, 0.25) is 11.8 Å². The van der Waals surface area contributed by atoms with E-state index in [4.69, 9.17) is 42.1 Å². The minimum absolute atomic E-state index is 0.115. The van der Waals surface area contributed by atoms with Gasteiger partial charge in [-0.05, 0) is 54.7 Å². The van der Waals surface area contributed by atoms with Gasteiger partial charge in [0, 0.05) is 29.2 Å². The van der Waals surface area contributed by atoms with Gasteiger partial charge >= 0.3 is 0 Å². The standard InChI is InChI=1S/C39H35BrCl2N2O9/c1-50-23-11-14-29(52-3)21(15-23)8-5-20-6-9-22(10-7-20)44-34(46)26-13-12-25-27(31(26)35(44)47)18-38(41)36(48)43(19-40)37(49)39(38,42)33(25)32-28(45)16-24(51-2)17-30(32)53-4/h5-12,14-17,26-27,31,33,45H,13,18-19H2,1-4H3/t26-,27+,31-,33+,38+,39-/m0/s1. The molecule has 2 heterocycles. The number of rotatable bonds is 9. The minimum atomic E-state index is -2.11. The van der Waals surface area contributed by atoms with Crippen LogP contribution >= 0.6 is 39.1 Å².